The minimum atomic E-state index is -1.49. The Morgan fingerprint density at radius 1 is 1.03 bits per heavy atom. The average molecular weight is 865 g/mol. The SMILES string of the molecule is C=CCO[C@@]12Oc3ccc(OCc4cccc(C)n4)cc3[C@H]3[C@H](CCCCO)[C@@H](CCCCO)C=C(C(=NOC(C)(C)C)C[C@@H]1N(CCOCCO)C(=O)c1ccc(C#N)cc1)[C@H]32. The maximum atomic E-state index is 15.1. The lowest BCUT2D eigenvalue weighted by atomic mass is 9.55. The Morgan fingerprint density at radius 3 is 2.48 bits per heavy atom. The van der Waals surface area contributed by atoms with Gasteiger partial charge in [-0.05, 0) is 125 Å². The molecular weight excluding hydrogens is 801 g/mol. The maximum absolute atomic E-state index is 15.1. The number of aromatic nitrogens is 1. The second-order valence-corrected chi connectivity index (χ2v) is 17.6. The van der Waals surface area contributed by atoms with Gasteiger partial charge in [-0.2, -0.15) is 5.26 Å². The van der Waals surface area contributed by atoms with E-state index in [-0.39, 0.29) is 82.9 Å². The van der Waals surface area contributed by atoms with E-state index in [0.717, 1.165) is 48.2 Å². The highest BCUT2D eigenvalue weighted by Gasteiger charge is 2.65. The van der Waals surface area contributed by atoms with Crippen molar-refractivity contribution in [1.29, 1.82) is 5.26 Å². The minimum Gasteiger partial charge on any atom is -0.487 e. The lowest BCUT2D eigenvalue weighted by Gasteiger charge is -2.60. The molecule has 1 aromatic heterocycles. The van der Waals surface area contributed by atoms with Crippen LogP contribution in [0.25, 0.3) is 0 Å². The van der Waals surface area contributed by atoms with Gasteiger partial charge in [-0.15, -0.1) is 6.58 Å². The lowest BCUT2D eigenvalue weighted by Crippen LogP contribution is -2.70. The van der Waals surface area contributed by atoms with Crippen molar-refractivity contribution in [3.05, 3.63) is 113 Å². The summed E-state index contributed by atoms with van der Waals surface area (Å²) in [4.78, 5) is 27.7. The van der Waals surface area contributed by atoms with Gasteiger partial charge in [0.1, 0.15) is 29.7 Å². The van der Waals surface area contributed by atoms with E-state index in [1.807, 2.05) is 58.0 Å². The van der Waals surface area contributed by atoms with Gasteiger partial charge in [-0.25, -0.2) is 0 Å². The van der Waals surface area contributed by atoms with Crippen molar-refractivity contribution in [1.82, 2.24) is 9.88 Å². The van der Waals surface area contributed by atoms with Crippen LogP contribution in [0, 0.1) is 36.0 Å². The van der Waals surface area contributed by atoms with Gasteiger partial charge in [0, 0.05) is 48.9 Å². The van der Waals surface area contributed by atoms with Crippen LogP contribution in [0.3, 0.4) is 0 Å². The average Bonchev–Trinajstić information content (AvgIpc) is 3.28. The van der Waals surface area contributed by atoms with Crippen molar-refractivity contribution < 1.29 is 43.9 Å². The number of nitrogens with zero attached hydrogens (tertiary/aromatic N) is 4. The summed E-state index contributed by atoms with van der Waals surface area (Å²) in [6.07, 6.45) is 8.66. The van der Waals surface area contributed by atoms with Crippen LogP contribution in [-0.2, 0) is 20.9 Å². The fourth-order valence-corrected chi connectivity index (χ4v) is 9.35. The lowest BCUT2D eigenvalue weighted by molar-refractivity contribution is -0.254. The second-order valence-electron chi connectivity index (χ2n) is 17.6. The number of carbonyl (C=O) groups excluding carboxylic acids is 1. The maximum Gasteiger partial charge on any atom is 0.254 e. The second kappa shape index (κ2) is 22.0. The number of aliphatic hydroxyl groups is 3. The molecule has 0 spiro atoms. The predicted molar refractivity (Wildman–Crippen MR) is 239 cm³/mol. The largest absolute Gasteiger partial charge is 0.487 e. The summed E-state index contributed by atoms with van der Waals surface area (Å²) >= 11 is 0. The van der Waals surface area contributed by atoms with Gasteiger partial charge in [0.15, 0.2) is 0 Å². The molecule has 3 aromatic rings. The molecule has 0 bridgehead atoms. The summed E-state index contributed by atoms with van der Waals surface area (Å²) in [6.45, 7) is 12.5. The molecule has 2 aliphatic carbocycles. The van der Waals surface area contributed by atoms with E-state index >= 15 is 4.79 Å². The highest BCUT2D eigenvalue weighted by molar-refractivity contribution is 6.03. The molecule has 6 rings (SSSR count). The molecule has 1 aliphatic heterocycles. The highest BCUT2D eigenvalue weighted by atomic mass is 16.7. The zero-order valence-electron chi connectivity index (χ0n) is 37.2. The van der Waals surface area contributed by atoms with E-state index < -0.39 is 23.3 Å². The number of aliphatic hydroxyl groups excluding tert-OH is 3. The quantitative estimate of drug-likeness (QED) is 0.0521. The first-order valence-electron chi connectivity index (χ1n) is 22.3. The van der Waals surface area contributed by atoms with Crippen molar-refractivity contribution in [2.75, 3.05) is 46.2 Å². The van der Waals surface area contributed by atoms with E-state index in [2.05, 4.69) is 29.8 Å². The first-order chi connectivity index (χ1) is 30.5. The molecule has 13 nitrogen and oxygen atoms in total. The third-order valence-electron chi connectivity index (χ3n) is 12.0. The molecule has 1 saturated carbocycles. The molecule has 3 N–H and O–H groups in total. The Morgan fingerprint density at radius 2 is 1.79 bits per heavy atom. The third-order valence-corrected chi connectivity index (χ3v) is 12.0. The van der Waals surface area contributed by atoms with Crippen LogP contribution in [0.5, 0.6) is 11.5 Å². The van der Waals surface area contributed by atoms with Crippen LogP contribution < -0.4 is 9.47 Å². The van der Waals surface area contributed by atoms with Crippen LogP contribution in [-0.4, -0.2) is 100 Å². The zero-order chi connectivity index (χ0) is 45.0. The number of unbranched alkanes of at least 4 members (excludes halogenated alkanes) is 2. The Balaban J connectivity index is 1.59. The number of rotatable bonds is 22. The number of carbonyl (C=O) groups is 1. The zero-order valence-corrected chi connectivity index (χ0v) is 37.2. The first kappa shape index (κ1) is 47.4. The summed E-state index contributed by atoms with van der Waals surface area (Å²) in [7, 11) is 0. The number of ether oxygens (including phenoxy) is 4. The number of hydrogen-bond donors (Lipinski definition) is 3. The summed E-state index contributed by atoms with van der Waals surface area (Å²) in [5.41, 5.74) is 4.38. The topological polar surface area (TPSA) is 176 Å². The van der Waals surface area contributed by atoms with E-state index in [0.29, 0.717) is 41.2 Å². The normalized spacial score (nSPS) is 23.1. The van der Waals surface area contributed by atoms with Gasteiger partial charge in [0.2, 0.25) is 5.79 Å². The van der Waals surface area contributed by atoms with Crippen molar-refractivity contribution in [3.8, 4) is 17.6 Å². The standard InChI is InChI=1S/C50H64N4O9/c1-6-26-61-50-45(54(22-27-59-28-25-57)48(58)36-18-16-35(32-51)17-19-36)31-43(53-63-49(3,4)5)41-29-37(13-7-9-23-55)40(15-8-10-24-56)46(47(41)50)42-30-39(20-21-44(42)62-50)60-33-38-14-11-12-34(2)52-38/h6,11-12,14,16-21,29-30,37,40,45-47,55-57H,1,7-10,13,15,22-28,31,33H2,2-5H3/t37-,40+,45-,46+,47+,50+/m0/s1. The Kier molecular flexibility index (Phi) is 16.5. The Bertz CT molecular complexity index is 2110. The number of nitriles is 1. The van der Waals surface area contributed by atoms with Crippen molar-refractivity contribution >= 4 is 11.6 Å². The molecule has 0 saturated heterocycles. The third kappa shape index (κ3) is 11.4. The Labute approximate surface area is 372 Å². The van der Waals surface area contributed by atoms with Crippen LogP contribution in [0.15, 0.2) is 90.1 Å². The number of fused-ring (bicyclic) bond motifs is 2. The monoisotopic (exact) mass is 864 g/mol. The summed E-state index contributed by atoms with van der Waals surface area (Å²) in [5, 5.41) is 44.0. The van der Waals surface area contributed by atoms with Crippen LogP contribution in [0.4, 0.5) is 0 Å². The summed E-state index contributed by atoms with van der Waals surface area (Å²) in [5.74, 6) is -1.27. The fourth-order valence-electron chi connectivity index (χ4n) is 9.35. The van der Waals surface area contributed by atoms with Gasteiger partial charge < -0.3 is 44.0 Å². The molecule has 0 unspecified atom stereocenters. The van der Waals surface area contributed by atoms with Gasteiger partial charge in [-0.3, -0.25) is 9.78 Å². The number of aryl methyl sites for hydroxylation is 1. The molecular formula is C50H64N4O9. The molecule has 2 heterocycles. The van der Waals surface area contributed by atoms with Crippen molar-refractivity contribution in [2.45, 2.75) is 103 Å². The number of oxime groups is 1. The molecule has 13 heteroatoms. The summed E-state index contributed by atoms with van der Waals surface area (Å²) in [6, 6.07) is 19.6. The van der Waals surface area contributed by atoms with Gasteiger partial charge >= 0.3 is 0 Å². The van der Waals surface area contributed by atoms with Gasteiger partial charge in [0.25, 0.3) is 5.91 Å². The number of hydrogen-bond acceptors (Lipinski definition) is 12. The molecule has 6 atom stereocenters. The van der Waals surface area contributed by atoms with Crippen LogP contribution in [0.1, 0.15) is 105 Å². The van der Waals surface area contributed by atoms with E-state index in [4.69, 9.17) is 28.9 Å². The molecule has 1 fully saturated rings. The van der Waals surface area contributed by atoms with Crippen molar-refractivity contribution in [3.63, 3.8) is 0 Å². The molecule has 1 amide bonds. The molecule has 63 heavy (non-hydrogen) atoms. The number of amides is 1. The number of benzene rings is 2. The molecule has 2 aromatic carbocycles. The molecule has 3 aliphatic rings. The fraction of sp³-hybridized carbons (Fsp3) is 0.520. The van der Waals surface area contributed by atoms with E-state index in [1.54, 1.807) is 35.2 Å². The van der Waals surface area contributed by atoms with Gasteiger partial charge in [0.05, 0.1) is 55.4 Å². The summed E-state index contributed by atoms with van der Waals surface area (Å²) < 4.78 is 26.8. The van der Waals surface area contributed by atoms with E-state index in [9.17, 15) is 20.6 Å². The molecule has 0 radical (unpaired) electrons. The predicted octanol–water partition coefficient (Wildman–Crippen LogP) is 7.42. The first-order valence-corrected chi connectivity index (χ1v) is 22.3. The highest BCUT2D eigenvalue weighted by Crippen LogP contribution is 2.62. The van der Waals surface area contributed by atoms with E-state index in [1.165, 1.54) is 0 Å². The number of pyridine rings is 1. The Hall–Kier alpha value is -5.10. The minimum absolute atomic E-state index is 0.0196. The molecule has 338 valence electrons. The van der Waals surface area contributed by atoms with Gasteiger partial charge in [-0.1, -0.05) is 36.2 Å². The van der Waals surface area contributed by atoms with Crippen molar-refractivity contribution in [2.24, 2.45) is 22.9 Å². The van der Waals surface area contributed by atoms with Crippen LogP contribution >= 0.6 is 0 Å². The number of allylic oxidation sites excluding steroid dienone is 1. The smallest absolute Gasteiger partial charge is 0.254 e. The van der Waals surface area contributed by atoms with Crippen LogP contribution in [0.2, 0.25) is 0 Å².